The lowest BCUT2D eigenvalue weighted by Gasteiger charge is -2.12. The maximum atomic E-state index is 12.9. The van der Waals surface area contributed by atoms with Crippen molar-refractivity contribution in [2.24, 2.45) is 0 Å². The minimum atomic E-state index is -0.378. The van der Waals surface area contributed by atoms with E-state index in [1.807, 2.05) is 18.2 Å². The van der Waals surface area contributed by atoms with Gasteiger partial charge in [-0.3, -0.25) is 19.3 Å². The maximum absolute atomic E-state index is 12.9. The Morgan fingerprint density at radius 2 is 1.67 bits per heavy atom. The van der Waals surface area contributed by atoms with Crippen LogP contribution < -0.4 is 10.1 Å². The van der Waals surface area contributed by atoms with Crippen molar-refractivity contribution in [2.75, 3.05) is 11.9 Å². The number of thioether (sulfide) groups is 1. The minimum Gasteiger partial charge on any atom is -0.483 e. The molecule has 0 spiro atoms. The molecule has 4 rings (SSSR count). The van der Waals surface area contributed by atoms with Gasteiger partial charge in [0.1, 0.15) is 5.75 Å². The van der Waals surface area contributed by atoms with Crippen molar-refractivity contribution in [2.45, 2.75) is 6.54 Å². The van der Waals surface area contributed by atoms with Crippen molar-refractivity contribution in [1.29, 1.82) is 0 Å². The Bertz CT molecular complexity index is 1210. The molecule has 0 radical (unpaired) electrons. The third-order valence-electron chi connectivity index (χ3n) is 4.75. The van der Waals surface area contributed by atoms with E-state index in [9.17, 15) is 14.4 Å². The summed E-state index contributed by atoms with van der Waals surface area (Å²) in [5, 5.41) is 2.99. The number of hydrogen-bond acceptors (Lipinski definition) is 5. The van der Waals surface area contributed by atoms with E-state index < -0.39 is 0 Å². The lowest BCUT2D eigenvalue weighted by atomic mass is 10.1. The van der Waals surface area contributed by atoms with Crippen LogP contribution in [0.5, 0.6) is 5.75 Å². The molecule has 6 nitrogen and oxygen atoms in total. The van der Waals surface area contributed by atoms with Crippen LogP contribution in [0.1, 0.15) is 11.1 Å². The summed E-state index contributed by atoms with van der Waals surface area (Å²) < 4.78 is 5.69. The topological polar surface area (TPSA) is 75.7 Å². The number of nitrogens with one attached hydrogen (secondary N) is 1. The Balaban J connectivity index is 1.44. The number of anilines is 1. The zero-order valence-electron chi connectivity index (χ0n) is 17.4. The maximum Gasteiger partial charge on any atom is 0.293 e. The number of amides is 3. The molecule has 3 aromatic rings. The molecule has 0 bridgehead atoms. The van der Waals surface area contributed by atoms with Crippen molar-refractivity contribution in [3.05, 3.63) is 99.9 Å². The zero-order chi connectivity index (χ0) is 23.2. The van der Waals surface area contributed by atoms with Gasteiger partial charge in [-0.15, -0.1) is 0 Å². The molecule has 0 aromatic heterocycles. The molecule has 1 N–H and O–H groups in total. The van der Waals surface area contributed by atoms with Crippen LogP contribution in [0.15, 0.2) is 83.8 Å². The van der Waals surface area contributed by atoms with Crippen LogP contribution in [-0.4, -0.2) is 28.6 Å². The average Bonchev–Trinajstić information content (AvgIpc) is 3.08. The molecule has 166 valence electrons. The standard InChI is InChI=1S/C25H19ClN2O4S/c26-19-12-10-17(11-13-19)15-28-24(30)22(33-25(28)31)14-18-6-4-5-9-21(18)32-16-23(29)27-20-7-2-1-3-8-20/h1-14H,15-16H2,(H,27,29)/b22-14-. The van der Waals surface area contributed by atoms with E-state index in [1.54, 1.807) is 66.7 Å². The first-order chi connectivity index (χ1) is 16.0. The summed E-state index contributed by atoms with van der Waals surface area (Å²) in [5.41, 5.74) is 2.08. The Hall–Kier alpha value is -3.55. The lowest BCUT2D eigenvalue weighted by Crippen LogP contribution is -2.27. The molecule has 1 fully saturated rings. The van der Waals surface area contributed by atoms with Crippen LogP contribution in [0.4, 0.5) is 10.5 Å². The van der Waals surface area contributed by atoms with E-state index in [0.29, 0.717) is 26.9 Å². The Kier molecular flexibility index (Phi) is 7.12. The number of nitrogens with zero attached hydrogens (tertiary/aromatic N) is 1. The van der Waals surface area contributed by atoms with Crippen LogP contribution in [-0.2, 0) is 16.1 Å². The van der Waals surface area contributed by atoms with E-state index in [1.165, 1.54) is 4.90 Å². The summed E-state index contributed by atoms with van der Waals surface area (Å²) in [4.78, 5) is 39.0. The fourth-order valence-electron chi connectivity index (χ4n) is 3.14. The van der Waals surface area contributed by atoms with E-state index in [4.69, 9.17) is 16.3 Å². The predicted molar refractivity (Wildman–Crippen MR) is 130 cm³/mol. The van der Waals surface area contributed by atoms with Gasteiger partial charge in [-0.1, -0.05) is 60.1 Å². The molecule has 3 aromatic carbocycles. The van der Waals surface area contributed by atoms with E-state index >= 15 is 0 Å². The van der Waals surface area contributed by atoms with Gasteiger partial charge in [0.25, 0.3) is 17.1 Å². The van der Waals surface area contributed by atoms with Crippen LogP contribution in [0.2, 0.25) is 5.02 Å². The average molecular weight is 479 g/mol. The number of benzene rings is 3. The number of rotatable bonds is 7. The number of para-hydroxylation sites is 2. The summed E-state index contributed by atoms with van der Waals surface area (Å²) in [5.74, 6) is -0.249. The molecule has 0 atom stereocenters. The monoisotopic (exact) mass is 478 g/mol. The molecule has 0 aliphatic carbocycles. The first-order valence-electron chi connectivity index (χ1n) is 10.1. The number of hydrogen-bond donors (Lipinski definition) is 1. The molecule has 1 heterocycles. The third kappa shape index (κ3) is 5.83. The van der Waals surface area contributed by atoms with E-state index in [-0.39, 0.29) is 30.2 Å². The number of halogens is 1. The number of imide groups is 1. The van der Waals surface area contributed by atoms with Crippen molar-refractivity contribution in [1.82, 2.24) is 4.90 Å². The van der Waals surface area contributed by atoms with Gasteiger partial charge in [0.05, 0.1) is 11.4 Å². The summed E-state index contributed by atoms with van der Waals surface area (Å²) in [7, 11) is 0. The second-order valence-corrected chi connectivity index (χ2v) is 8.56. The van der Waals surface area contributed by atoms with Crippen molar-refractivity contribution in [3.63, 3.8) is 0 Å². The molecule has 3 amide bonds. The van der Waals surface area contributed by atoms with Crippen LogP contribution in [0.25, 0.3) is 6.08 Å². The quantitative estimate of drug-likeness (QED) is 0.448. The largest absolute Gasteiger partial charge is 0.483 e. The first-order valence-corrected chi connectivity index (χ1v) is 11.3. The van der Waals surface area contributed by atoms with Gasteiger partial charge in [0.15, 0.2) is 6.61 Å². The zero-order valence-corrected chi connectivity index (χ0v) is 18.9. The molecule has 0 saturated carbocycles. The minimum absolute atomic E-state index is 0.164. The SMILES string of the molecule is O=C(COc1ccccc1/C=C1\SC(=O)N(Cc2ccc(Cl)cc2)C1=O)Nc1ccccc1. The fourth-order valence-corrected chi connectivity index (χ4v) is 4.10. The highest BCUT2D eigenvalue weighted by atomic mass is 35.5. The summed E-state index contributed by atoms with van der Waals surface area (Å²) in [6.07, 6.45) is 1.61. The second kappa shape index (κ2) is 10.4. The number of carbonyl (C=O) groups is 3. The van der Waals surface area contributed by atoms with Crippen molar-refractivity contribution in [3.8, 4) is 5.75 Å². The van der Waals surface area contributed by atoms with Gasteiger partial charge in [0.2, 0.25) is 0 Å². The summed E-state index contributed by atoms with van der Waals surface area (Å²) >= 11 is 6.77. The molecule has 0 unspecified atom stereocenters. The normalized spacial score (nSPS) is 14.6. The molecule has 8 heteroatoms. The van der Waals surface area contributed by atoms with E-state index in [0.717, 1.165) is 17.3 Å². The van der Waals surface area contributed by atoms with Gasteiger partial charge in [-0.05, 0) is 53.7 Å². The smallest absolute Gasteiger partial charge is 0.293 e. The van der Waals surface area contributed by atoms with Crippen LogP contribution in [0.3, 0.4) is 0 Å². The predicted octanol–water partition coefficient (Wildman–Crippen LogP) is 5.59. The first kappa shape index (κ1) is 22.6. The van der Waals surface area contributed by atoms with Crippen LogP contribution in [0, 0.1) is 0 Å². The highest BCUT2D eigenvalue weighted by Crippen LogP contribution is 2.35. The fraction of sp³-hybridized carbons (Fsp3) is 0.0800. The highest BCUT2D eigenvalue weighted by Gasteiger charge is 2.35. The van der Waals surface area contributed by atoms with Gasteiger partial charge >= 0.3 is 0 Å². The molecular weight excluding hydrogens is 460 g/mol. The molecule has 1 saturated heterocycles. The molecule has 33 heavy (non-hydrogen) atoms. The molecule has 1 aliphatic rings. The second-order valence-electron chi connectivity index (χ2n) is 7.14. The Morgan fingerprint density at radius 3 is 2.42 bits per heavy atom. The van der Waals surface area contributed by atoms with Crippen molar-refractivity contribution >= 4 is 52.2 Å². The molecule has 1 aliphatic heterocycles. The van der Waals surface area contributed by atoms with Gasteiger partial charge in [0, 0.05) is 16.3 Å². The summed E-state index contributed by atoms with van der Waals surface area (Å²) in [6, 6.07) is 23.1. The van der Waals surface area contributed by atoms with E-state index in [2.05, 4.69) is 5.32 Å². The van der Waals surface area contributed by atoms with Gasteiger partial charge in [-0.2, -0.15) is 0 Å². The summed E-state index contributed by atoms with van der Waals surface area (Å²) in [6.45, 7) is -0.0330. The highest BCUT2D eigenvalue weighted by molar-refractivity contribution is 8.18. The Labute approximate surface area is 200 Å². The van der Waals surface area contributed by atoms with Gasteiger partial charge in [-0.25, -0.2) is 0 Å². The van der Waals surface area contributed by atoms with Crippen LogP contribution >= 0.6 is 23.4 Å². The van der Waals surface area contributed by atoms with Crippen molar-refractivity contribution < 1.29 is 19.1 Å². The number of carbonyl (C=O) groups excluding carboxylic acids is 3. The van der Waals surface area contributed by atoms with Gasteiger partial charge < -0.3 is 10.1 Å². The Morgan fingerprint density at radius 1 is 0.970 bits per heavy atom. The lowest BCUT2D eigenvalue weighted by molar-refractivity contribution is -0.123. The third-order valence-corrected chi connectivity index (χ3v) is 5.91. The molecular formula is C25H19ClN2O4S. The number of ether oxygens (including phenoxy) is 1.